The number of hydrogen-bond acceptors (Lipinski definition) is 5. The van der Waals surface area contributed by atoms with Crippen LogP contribution >= 0.6 is 23.2 Å². The smallest absolute Gasteiger partial charge is 0.337 e. The Morgan fingerprint density at radius 2 is 1.79 bits per heavy atom. The van der Waals surface area contributed by atoms with E-state index in [9.17, 15) is 9.90 Å². The van der Waals surface area contributed by atoms with Gasteiger partial charge in [-0.3, -0.25) is 4.98 Å². The molecule has 0 spiro atoms. The highest BCUT2D eigenvalue weighted by Crippen LogP contribution is 2.38. The molecular weight excluding hydrogens is 411 g/mol. The molecule has 1 aliphatic heterocycles. The maximum Gasteiger partial charge on any atom is 0.337 e. The SMILES string of the molecule is N=C1CCN(c2cnc3ccc(Cl)cc3c2Nc2ccc(Cl)cc2C(=O)O)CC1. The van der Waals surface area contributed by atoms with E-state index in [1.54, 1.807) is 24.4 Å². The minimum absolute atomic E-state index is 0.0795. The van der Waals surface area contributed by atoms with Gasteiger partial charge in [-0.05, 0) is 36.4 Å². The number of carboxylic acid groups (broad SMARTS) is 1. The normalized spacial score (nSPS) is 14.3. The van der Waals surface area contributed by atoms with Gasteiger partial charge in [0.15, 0.2) is 0 Å². The average Bonchev–Trinajstić information content (AvgIpc) is 2.70. The molecule has 1 aliphatic rings. The molecule has 0 aliphatic carbocycles. The van der Waals surface area contributed by atoms with Crippen molar-refractivity contribution in [3.63, 3.8) is 0 Å². The fourth-order valence-corrected chi connectivity index (χ4v) is 3.82. The van der Waals surface area contributed by atoms with Crippen molar-refractivity contribution in [2.75, 3.05) is 23.3 Å². The lowest BCUT2D eigenvalue weighted by molar-refractivity contribution is 0.0698. The number of carbonyl (C=O) groups is 1. The number of aromatic nitrogens is 1. The average molecular weight is 429 g/mol. The molecule has 8 heteroatoms. The van der Waals surface area contributed by atoms with Crippen molar-refractivity contribution in [1.82, 2.24) is 4.98 Å². The molecule has 4 rings (SSSR count). The largest absolute Gasteiger partial charge is 0.478 e. The molecule has 1 fully saturated rings. The number of carboxylic acids is 1. The third-order valence-electron chi connectivity index (χ3n) is 4.99. The van der Waals surface area contributed by atoms with Crippen LogP contribution in [-0.4, -0.2) is 34.9 Å². The van der Waals surface area contributed by atoms with Gasteiger partial charge in [-0.25, -0.2) is 4.79 Å². The number of benzene rings is 2. The van der Waals surface area contributed by atoms with Gasteiger partial charge in [-0.1, -0.05) is 23.2 Å². The molecule has 2 heterocycles. The summed E-state index contributed by atoms with van der Waals surface area (Å²) in [6, 6.07) is 10.1. The van der Waals surface area contributed by atoms with Crippen LogP contribution in [0.5, 0.6) is 0 Å². The molecule has 3 aromatic rings. The maximum atomic E-state index is 11.7. The lowest BCUT2D eigenvalue weighted by atomic mass is 10.1. The summed E-state index contributed by atoms with van der Waals surface area (Å²) >= 11 is 12.2. The maximum absolute atomic E-state index is 11.7. The summed E-state index contributed by atoms with van der Waals surface area (Å²) in [4.78, 5) is 18.5. The van der Waals surface area contributed by atoms with Crippen LogP contribution in [0, 0.1) is 5.41 Å². The van der Waals surface area contributed by atoms with Crippen molar-refractivity contribution in [3.8, 4) is 0 Å². The van der Waals surface area contributed by atoms with E-state index in [0.717, 1.165) is 28.0 Å². The second-order valence-electron chi connectivity index (χ2n) is 6.89. The zero-order chi connectivity index (χ0) is 20.5. The third-order valence-corrected chi connectivity index (χ3v) is 5.46. The summed E-state index contributed by atoms with van der Waals surface area (Å²) in [5.74, 6) is -1.07. The van der Waals surface area contributed by atoms with Gasteiger partial charge in [0.05, 0.1) is 34.3 Å². The van der Waals surface area contributed by atoms with Gasteiger partial charge in [-0.15, -0.1) is 0 Å². The van der Waals surface area contributed by atoms with Crippen LogP contribution in [0.15, 0.2) is 42.6 Å². The molecule has 1 saturated heterocycles. The van der Waals surface area contributed by atoms with Crippen LogP contribution in [0.25, 0.3) is 10.9 Å². The molecule has 2 aromatic carbocycles. The van der Waals surface area contributed by atoms with Crippen LogP contribution in [-0.2, 0) is 0 Å². The number of nitrogens with zero attached hydrogens (tertiary/aromatic N) is 2. The number of fused-ring (bicyclic) bond motifs is 1. The first kappa shape index (κ1) is 19.5. The zero-order valence-electron chi connectivity index (χ0n) is 15.4. The Bertz CT molecular complexity index is 1120. The molecule has 6 nitrogen and oxygen atoms in total. The summed E-state index contributed by atoms with van der Waals surface area (Å²) in [6.07, 6.45) is 3.16. The van der Waals surface area contributed by atoms with Crippen molar-refractivity contribution < 1.29 is 9.90 Å². The van der Waals surface area contributed by atoms with Crippen molar-refractivity contribution in [2.24, 2.45) is 0 Å². The Morgan fingerprint density at radius 1 is 1.10 bits per heavy atom. The van der Waals surface area contributed by atoms with Gasteiger partial charge >= 0.3 is 5.97 Å². The van der Waals surface area contributed by atoms with E-state index in [-0.39, 0.29) is 5.56 Å². The topological polar surface area (TPSA) is 89.3 Å². The Hall–Kier alpha value is -2.83. The Balaban J connectivity index is 1.87. The number of anilines is 3. The lowest BCUT2D eigenvalue weighted by Crippen LogP contribution is -2.34. The standard InChI is InChI=1S/C21H18Cl2N4O2/c22-12-1-3-17-15(9-12)20(19(11-25-17)27-7-5-14(24)6-8-27)26-18-4-2-13(23)10-16(18)21(28)29/h1-4,9-11,24H,5-8H2,(H,25,26)(H,28,29). The van der Waals surface area contributed by atoms with Crippen LogP contribution in [0.2, 0.25) is 10.0 Å². The molecule has 0 unspecified atom stereocenters. The Morgan fingerprint density at radius 3 is 2.52 bits per heavy atom. The van der Waals surface area contributed by atoms with Crippen molar-refractivity contribution >= 4 is 62.8 Å². The summed E-state index contributed by atoms with van der Waals surface area (Å²) in [5, 5.41) is 22.5. The van der Waals surface area contributed by atoms with Crippen LogP contribution in [0.4, 0.5) is 17.1 Å². The number of hydrogen-bond donors (Lipinski definition) is 3. The van der Waals surface area contributed by atoms with Gasteiger partial charge in [0, 0.05) is 47.1 Å². The quantitative estimate of drug-likeness (QED) is 0.502. The second kappa shape index (κ2) is 7.89. The molecule has 148 valence electrons. The highest BCUT2D eigenvalue weighted by Gasteiger charge is 2.21. The molecular formula is C21H18Cl2N4O2. The minimum atomic E-state index is -1.07. The Kier molecular flexibility index (Phi) is 5.30. The van der Waals surface area contributed by atoms with Crippen molar-refractivity contribution in [2.45, 2.75) is 12.8 Å². The van der Waals surface area contributed by atoms with E-state index in [0.29, 0.717) is 41.7 Å². The first-order chi connectivity index (χ1) is 13.9. The highest BCUT2D eigenvalue weighted by atomic mass is 35.5. The van der Waals surface area contributed by atoms with Gasteiger partial charge in [-0.2, -0.15) is 0 Å². The first-order valence-corrected chi connectivity index (χ1v) is 9.87. The molecule has 0 atom stereocenters. The lowest BCUT2D eigenvalue weighted by Gasteiger charge is -2.31. The number of aromatic carboxylic acids is 1. The van der Waals surface area contributed by atoms with Crippen LogP contribution in [0.1, 0.15) is 23.2 Å². The Labute approximate surface area is 177 Å². The summed E-state index contributed by atoms with van der Waals surface area (Å²) in [5.41, 5.74) is 3.57. The van der Waals surface area contributed by atoms with Gasteiger partial charge in [0.2, 0.25) is 0 Å². The molecule has 0 radical (unpaired) electrons. The van der Waals surface area contributed by atoms with E-state index in [2.05, 4.69) is 15.2 Å². The van der Waals surface area contributed by atoms with E-state index < -0.39 is 5.97 Å². The molecule has 0 saturated carbocycles. The molecule has 1 aromatic heterocycles. The van der Waals surface area contributed by atoms with Crippen LogP contribution < -0.4 is 10.2 Å². The number of halogens is 2. The molecule has 29 heavy (non-hydrogen) atoms. The van der Waals surface area contributed by atoms with Gasteiger partial charge in [0.1, 0.15) is 0 Å². The predicted molar refractivity (Wildman–Crippen MR) is 118 cm³/mol. The molecule has 3 N–H and O–H groups in total. The second-order valence-corrected chi connectivity index (χ2v) is 7.76. The van der Waals surface area contributed by atoms with E-state index in [4.69, 9.17) is 28.6 Å². The van der Waals surface area contributed by atoms with Crippen LogP contribution in [0.3, 0.4) is 0 Å². The fourth-order valence-electron chi connectivity index (χ4n) is 3.48. The van der Waals surface area contributed by atoms with Crippen molar-refractivity contribution in [1.29, 1.82) is 5.41 Å². The van der Waals surface area contributed by atoms with Gasteiger partial charge in [0.25, 0.3) is 0 Å². The summed E-state index contributed by atoms with van der Waals surface area (Å²) in [6.45, 7) is 1.40. The fraction of sp³-hybridized carbons (Fsp3) is 0.190. The summed E-state index contributed by atoms with van der Waals surface area (Å²) < 4.78 is 0. The summed E-state index contributed by atoms with van der Waals surface area (Å²) in [7, 11) is 0. The van der Waals surface area contributed by atoms with Crippen molar-refractivity contribution in [3.05, 3.63) is 58.2 Å². The zero-order valence-corrected chi connectivity index (χ0v) is 16.9. The predicted octanol–water partition coefficient (Wildman–Crippen LogP) is 5.60. The number of rotatable bonds is 4. The van der Waals surface area contributed by atoms with E-state index in [1.807, 2.05) is 12.1 Å². The number of pyridine rings is 1. The van der Waals surface area contributed by atoms with E-state index >= 15 is 0 Å². The monoisotopic (exact) mass is 428 g/mol. The number of piperidine rings is 1. The van der Waals surface area contributed by atoms with Gasteiger partial charge < -0.3 is 20.7 Å². The third kappa shape index (κ3) is 3.99. The van der Waals surface area contributed by atoms with E-state index in [1.165, 1.54) is 6.07 Å². The molecule has 0 bridgehead atoms. The first-order valence-electron chi connectivity index (χ1n) is 9.12. The molecule has 0 amide bonds. The number of nitrogens with one attached hydrogen (secondary N) is 2. The highest BCUT2D eigenvalue weighted by molar-refractivity contribution is 6.32. The minimum Gasteiger partial charge on any atom is -0.478 e.